The molecule has 0 aliphatic rings. The van der Waals surface area contributed by atoms with E-state index >= 15 is 0 Å². The van der Waals surface area contributed by atoms with Gasteiger partial charge in [-0.1, -0.05) is 6.92 Å². The minimum Gasteiger partial charge on any atom is -0.480 e. The first kappa shape index (κ1) is 13.7. The maximum Gasteiger partial charge on any atom is 0.320 e. The van der Waals surface area contributed by atoms with Gasteiger partial charge in [0.05, 0.1) is 5.69 Å². The lowest BCUT2D eigenvalue weighted by Crippen LogP contribution is -2.29. The molecule has 0 aliphatic heterocycles. The number of rotatable bonds is 6. The highest BCUT2D eigenvalue weighted by Gasteiger charge is 2.16. The maximum absolute atomic E-state index is 11.3. The van der Waals surface area contributed by atoms with Crippen LogP contribution in [0.15, 0.2) is 6.20 Å². The van der Waals surface area contributed by atoms with Crippen LogP contribution >= 0.6 is 0 Å². The molecule has 1 rings (SSSR count). The summed E-state index contributed by atoms with van der Waals surface area (Å²) in [5, 5.41) is 12.6. The summed E-state index contributed by atoms with van der Waals surface area (Å²) in [5.41, 5.74) is 1.55. The van der Waals surface area contributed by atoms with Gasteiger partial charge in [0.25, 0.3) is 0 Å². The predicted octanol–water partition coefficient (Wildman–Crippen LogP) is -0.513. The van der Waals surface area contributed by atoms with Gasteiger partial charge in [0.1, 0.15) is 0 Å². The van der Waals surface area contributed by atoms with Gasteiger partial charge in [-0.3, -0.25) is 9.48 Å². The van der Waals surface area contributed by atoms with E-state index in [1.807, 2.05) is 6.92 Å². The number of carboxylic acids is 1. The molecule has 0 spiro atoms. The van der Waals surface area contributed by atoms with Gasteiger partial charge in [-0.15, -0.1) is 0 Å². The Balaban J connectivity index is 2.70. The Morgan fingerprint density at radius 2 is 2.24 bits per heavy atom. The van der Waals surface area contributed by atoms with E-state index in [0.29, 0.717) is 6.42 Å². The second-order valence-corrected chi connectivity index (χ2v) is 5.41. The summed E-state index contributed by atoms with van der Waals surface area (Å²) < 4.78 is 26.4. The molecule has 8 heteroatoms. The van der Waals surface area contributed by atoms with E-state index in [-0.39, 0.29) is 6.54 Å². The molecular weight excluding hydrogens is 246 g/mol. The van der Waals surface area contributed by atoms with Crippen molar-refractivity contribution in [2.45, 2.75) is 19.9 Å². The fourth-order valence-electron chi connectivity index (χ4n) is 1.43. The summed E-state index contributed by atoms with van der Waals surface area (Å²) in [7, 11) is -2.04. The van der Waals surface area contributed by atoms with Crippen LogP contribution in [-0.2, 0) is 34.8 Å². The number of hydrogen-bond acceptors (Lipinski definition) is 4. The second-order valence-electron chi connectivity index (χ2n) is 3.60. The lowest BCUT2D eigenvalue weighted by atomic mass is 10.2. The number of carboxylic acid groups (broad SMARTS) is 1. The Morgan fingerprint density at radius 3 is 2.76 bits per heavy atom. The molecule has 0 aliphatic carbocycles. The summed E-state index contributed by atoms with van der Waals surface area (Å²) in [6.07, 6.45) is 2.40. The molecule has 0 aromatic carbocycles. The van der Waals surface area contributed by atoms with Gasteiger partial charge in [0, 0.05) is 25.4 Å². The number of nitrogens with zero attached hydrogens (tertiary/aromatic N) is 2. The van der Waals surface area contributed by atoms with Crippen LogP contribution in [0.4, 0.5) is 0 Å². The van der Waals surface area contributed by atoms with Crippen molar-refractivity contribution in [3.8, 4) is 0 Å². The fraction of sp³-hybridized carbons (Fsp3) is 0.556. The Kier molecular flexibility index (Phi) is 4.24. The smallest absolute Gasteiger partial charge is 0.320 e. The normalized spacial score (nSPS) is 11.6. The van der Waals surface area contributed by atoms with Gasteiger partial charge in [-0.25, -0.2) is 13.1 Å². The van der Waals surface area contributed by atoms with Crippen LogP contribution in [0.3, 0.4) is 0 Å². The highest BCUT2D eigenvalue weighted by atomic mass is 32.2. The van der Waals surface area contributed by atoms with Gasteiger partial charge in [-0.05, 0) is 6.42 Å². The Morgan fingerprint density at radius 1 is 1.59 bits per heavy atom. The fourth-order valence-corrected chi connectivity index (χ4v) is 2.23. The molecule has 1 heterocycles. The standard InChI is InChI=1S/C9H15N3O4S/c1-3-8-7(5-12(2)11-8)4-10-17(15,16)6-9(13)14/h5,10H,3-4,6H2,1-2H3,(H,13,14). The van der Waals surface area contributed by atoms with Crippen molar-refractivity contribution in [1.29, 1.82) is 0 Å². The summed E-state index contributed by atoms with van der Waals surface area (Å²) in [6.45, 7) is 1.98. The van der Waals surface area contributed by atoms with Crippen molar-refractivity contribution in [2.24, 2.45) is 7.05 Å². The molecule has 0 atom stereocenters. The van der Waals surface area contributed by atoms with Gasteiger partial charge < -0.3 is 5.11 Å². The lowest BCUT2D eigenvalue weighted by Gasteiger charge is -2.03. The van der Waals surface area contributed by atoms with Crippen LogP contribution < -0.4 is 4.72 Å². The molecule has 0 radical (unpaired) electrons. The molecule has 1 aromatic heterocycles. The van der Waals surface area contributed by atoms with Crippen molar-refractivity contribution in [3.05, 3.63) is 17.5 Å². The van der Waals surface area contributed by atoms with Gasteiger partial charge >= 0.3 is 5.97 Å². The number of aryl methyl sites for hydroxylation is 2. The van der Waals surface area contributed by atoms with Crippen LogP contribution in [-0.4, -0.2) is 35.0 Å². The largest absolute Gasteiger partial charge is 0.480 e. The van der Waals surface area contributed by atoms with Gasteiger partial charge in [-0.2, -0.15) is 5.10 Å². The highest BCUT2D eigenvalue weighted by Crippen LogP contribution is 2.07. The number of hydrogen-bond donors (Lipinski definition) is 2. The zero-order valence-electron chi connectivity index (χ0n) is 9.67. The topological polar surface area (TPSA) is 101 Å². The molecule has 0 amide bonds. The summed E-state index contributed by atoms with van der Waals surface area (Å²) in [4.78, 5) is 10.3. The van der Waals surface area contributed by atoms with E-state index in [2.05, 4.69) is 9.82 Å². The van der Waals surface area contributed by atoms with E-state index in [0.717, 1.165) is 11.3 Å². The average Bonchev–Trinajstić information content (AvgIpc) is 2.54. The van der Waals surface area contributed by atoms with Crippen LogP contribution in [0, 0.1) is 0 Å². The zero-order chi connectivity index (χ0) is 13.1. The average molecular weight is 261 g/mol. The lowest BCUT2D eigenvalue weighted by molar-refractivity contribution is -0.134. The molecule has 96 valence electrons. The number of sulfonamides is 1. The van der Waals surface area contributed by atoms with Gasteiger partial charge in [0.2, 0.25) is 10.0 Å². The van der Waals surface area contributed by atoms with Crippen molar-refractivity contribution < 1.29 is 18.3 Å². The molecule has 0 bridgehead atoms. The third kappa shape index (κ3) is 4.16. The Labute approximate surface area is 99.5 Å². The highest BCUT2D eigenvalue weighted by molar-refractivity contribution is 7.90. The molecule has 2 N–H and O–H groups in total. The first-order chi connectivity index (χ1) is 7.84. The molecule has 17 heavy (non-hydrogen) atoms. The third-order valence-electron chi connectivity index (χ3n) is 2.12. The summed E-state index contributed by atoms with van der Waals surface area (Å²) in [5.74, 6) is -2.30. The van der Waals surface area contributed by atoms with E-state index in [9.17, 15) is 13.2 Å². The van der Waals surface area contributed by atoms with Crippen LogP contribution in [0.1, 0.15) is 18.2 Å². The Bertz CT molecular complexity index is 506. The SMILES string of the molecule is CCc1nn(C)cc1CNS(=O)(=O)CC(=O)O. The van der Waals surface area contributed by atoms with Gasteiger partial charge in [0.15, 0.2) is 5.75 Å². The number of aliphatic carboxylic acids is 1. The first-order valence-electron chi connectivity index (χ1n) is 5.04. The van der Waals surface area contributed by atoms with E-state index in [1.165, 1.54) is 0 Å². The van der Waals surface area contributed by atoms with E-state index in [1.54, 1.807) is 17.9 Å². The van der Waals surface area contributed by atoms with Crippen molar-refractivity contribution in [1.82, 2.24) is 14.5 Å². The number of nitrogens with one attached hydrogen (secondary N) is 1. The molecule has 0 saturated heterocycles. The van der Waals surface area contributed by atoms with E-state index in [4.69, 9.17) is 5.11 Å². The molecule has 7 nitrogen and oxygen atoms in total. The maximum atomic E-state index is 11.3. The zero-order valence-corrected chi connectivity index (χ0v) is 10.5. The molecule has 0 fully saturated rings. The van der Waals surface area contributed by atoms with Crippen LogP contribution in [0.2, 0.25) is 0 Å². The van der Waals surface area contributed by atoms with E-state index < -0.39 is 21.7 Å². The first-order valence-corrected chi connectivity index (χ1v) is 6.70. The third-order valence-corrected chi connectivity index (χ3v) is 3.33. The number of aromatic nitrogens is 2. The van der Waals surface area contributed by atoms with Crippen molar-refractivity contribution >= 4 is 16.0 Å². The quantitative estimate of drug-likeness (QED) is 0.718. The molecule has 0 saturated carbocycles. The van der Waals surface area contributed by atoms with Crippen LogP contribution in [0.5, 0.6) is 0 Å². The summed E-state index contributed by atoms with van der Waals surface area (Å²) in [6, 6.07) is 0. The summed E-state index contributed by atoms with van der Waals surface area (Å²) >= 11 is 0. The molecule has 0 unspecified atom stereocenters. The second kappa shape index (κ2) is 5.28. The van der Waals surface area contributed by atoms with Crippen molar-refractivity contribution in [2.75, 3.05) is 5.75 Å². The minimum atomic E-state index is -3.78. The molecule has 1 aromatic rings. The van der Waals surface area contributed by atoms with Crippen molar-refractivity contribution in [3.63, 3.8) is 0 Å². The monoisotopic (exact) mass is 261 g/mol. The number of carbonyl (C=O) groups is 1. The predicted molar refractivity (Wildman–Crippen MR) is 60.8 cm³/mol. The van der Waals surface area contributed by atoms with Crippen LogP contribution in [0.25, 0.3) is 0 Å². The Hall–Kier alpha value is -1.41. The molecular formula is C9H15N3O4S. The minimum absolute atomic E-state index is 0.0621.